The van der Waals surface area contributed by atoms with Crippen molar-refractivity contribution in [3.05, 3.63) is 29.6 Å². The standard InChI is InChI=1S/C14H18FNO3S/c1-14(2)8-16(6-10(7-17)19-14)13(18)9-3-4-11(15)12(20)5-9/h3-5,10,17,20H,6-8H2,1-2H3. The number of hydrogen-bond acceptors (Lipinski definition) is 4. The molecule has 1 aromatic rings. The Morgan fingerprint density at radius 2 is 2.30 bits per heavy atom. The van der Waals surface area contributed by atoms with Crippen molar-refractivity contribution in [2.45, 2.75) is 30.4 Å². The van der Waals surface area contributed by atoms with Crippen LogP contribution in [0.4, 0.5) is 4.39 Å². The topological polar surface area (TPSA) is 49.8 Å². The van der Waals surface area contributed by atoms with Crippen molar-refractivity contribution in [1.29, 1.82) is 0 Å². The molecule has 2 rings (SSSR count). The summed E-state index contributed by atoms with van der Waals surface area (Å²) in [6.07, 6.45) is -0.404. The Labute approximate surface area is 122 Å². The molecule has 4 nitrogen and oxygen atoms in total. The van der Waals surface area contributed by atoms with Crippen LogP contribution in [0.15, 0.2) is 23.1 Å². The Hall–Kier alpha value is -1.11. The number of thiol groups is 1. The smallest absolute Gasteiger partial charge is 0.254 e. The van der Waals surface area contributed by atoms with Gasteiger partial charge in [-0.2, -0.15) is 0 Å². The van der Waals surface area contributed by atoms with E-state index in [-0.39, 0.29) is 17.4 Å². The lowest BCUT2D eigenvalue weighted by Gasteiger charge is -2.42. The highest BCUT2D eigenvalue weighted by Crippen LogP contribution is 2.23. The van der Waals surface area contributed by atoms with Crippen LogP contribution in [0.2, 0.25) is 0 Å². The van der Waals surface area contributed by atoms with E-state index < -0.39 is 17.5 Å². The molecule has 0 saturated carbocycles. The minimum absolute atomic E-state index is 0.141. The average Bonchev–Trinajstić information content (AvgIpc) is 2.39. The largest absolute Gasteiger partial charge is 0.394 e. The number of ether oxygens (including phenoxy) is 1. The zero-order chi connectivity index (χ0) is 14.9. The molecule has 0 aromatic heterocycles. The Kier molecular flexibility index (Phi) is 4.36. The monoisotopic (exact) mass is 299 g/mol. The lowest BCUT2D eigenvalue weighted by molar-refractivity contribution is -0.139. The Bertz CT molecular complexity index is 521. The van der Waals surface area contributed by atoms with Crippen molar-refractivity contribution in [1.82, 2.24) is 4.90 Å². The van der Waals surface area contributed by atoms with Crippen molar-refractivity contribution in [2.75, 3.05) is 19.7 Å². The van der Waals surface area contributed by atoms with Gasteiger partial charge in [-0.05, 0) is 32.0 Å². The van der Waals surface area contributed by atoms with E-state index in [1.54, 1.807) is 4.90 Å². The van der Waals surface area contributed by atoms with E-state index >= 15 is 0 Å². The summed E-state index contributed by atoms with van der Waals surface area (Å²) in [6, 6.07) is 4.08. The highest BCUT2D eigenvalue weighted by Gasteiger charge is 2.35. The van der Waals surface area contributed by atoms with E-state index in [0.717, 1.165) is 0 Å². The maximum atomic E-state index is 13.2. The number of halogens is 1. The quantitative estimate of drug-likeness (QED) is 0.818. The summed E-state index contributed by atoms with van der Waals surface area (Å²) >= 11 is 3.99. The number of carbonyl (C=O) groups excluding carboxylic acids is 1. The third kappa shape index (κ3) is 3.31. The molecule has 1 unspecified atom stereocenters. The van der Waals surface area contributed by atoms with E-state index in [2.05, 4.69) is 12.6 Å². The number of morpholine rings is 1. The summed E-state index contributed by atoms with van der Waals surface area (Å²) < 4.78 is 18.9. The van der Waals surface area contributed by atoms with Gasteiger partial charge in [0.25, 0.3) is 5.91 Å². The van der Waals surface area contributed by atoms with Crippen molar-refractivity contribution >= 4 is 18.5 Å². The van der Waals surface area contributed by atoms with E-state index in [9.17, 15) is 14.3 Å². The molecule has 0 aliphatic carbocycles. The van der Waals surface area contributed by atoms with Crippen molar-refractivity contribution in [3.63, 3.8) is 0 Å². The number of aliphatic hydroxyl groups excluding tert-OH is 1. The predicted molar refractivity (Wildman–Crippen MR) is 75.6 cm³/mol. The SMILES string of the molecule is CC1(C)CN(C(=O)c2ccc(F)c(S)c2)CC(CO)O1. The van der Waals surface area contributed by atoms with Crippen LogP contribution in [-0.2, 0) is 4.74 Å². The summed E-state index contributed by atoms with van der Waals surface area (Å²) in [5.41, 5.74) is -0.142. The van der Waals surface area contributed by atoms with Crippen LogP contribution >= 0.6 is 12.6 Å². The fourth-order valence-electron chi connectivity index (χ4n) is 2.37. The first-order valence-corrected chi connectivity index (χ1v) is 6.83. The van der Waals surface area contributed by atoms with Gasteiger partial charge in [0, 0.05) is 23.5 Å². The lowest BCUT2D eigenvalue weighted by atomic mass is 10.0. The second-order valence-electron chi connectivity index (χ2n) is 5.53. The van der Waals surface area contributed by atoms with E-state index in [0.29, 0.717) is 18.7 Å². The van der Waals surface area contributed by atoms with Gasteiger partial charge in [0.2, 0.25) is 0 Å². The minimum atomic E-state index is -0.523. The summed E-state index contributed by atoms with van der Waals surface area (Å²) in [7, 11) is 0. The zero-order valence-electron chi connectivity index (χ0n) is 11.5. The molecule has 1 aliphatic heterocycles. The molecule has 110 valence electrons. The highest BCUT2D eigenvalue weighted by molar-refractivity contribution is 7.80. The summed E-state index contributed by atoms with van der Waals surface area (Å²) in [6.45, 7) is 4.32. The summed E-state index contributed by atoms with van der Waals surface area (Å²) in [4.78, 5) is 14.2. The van der Waals surface area contributed by atoms with E-state index in [4.69, 9.17) is 4.74 Å². The molecule has 20 heavy (non-hydrogen) atoms. The molecule has 1 fully saturated rings. The average molecular weight is 299 g/mol. The fourth-order valence-corrected chi connectivity index (χ4v) is 2.59. The molecule has 1 N–H and O–H groups in total. The third-order valence-corrected chi connectivity index (χ3v) is 3.51. The summed E-state index contributed by atoms with van der Waals surface area (Å²) in [5.74, 6) is -0.671. The second kappa shape index (κ2) is 5.71. The van der Waals surface area contributed by atoms with Gasteiger partial charge >= 0.3 is 0 Å². The Morgan fingerprint density at radius 3 is 2.90 bits per heavy atom. The van der Waals surface area contributed by atoms with Crippen LogP contribution in [-0.4, -0.2) is 47.3 Å². The van der Waals surface area contributed by atoms with Crippen LogP contribution in [0.3, 0.4) is 0 Å². The number of nitrogens with zero attached hydrogens (tertiary/aromatic N) is 1. The molecule has 1 saturated heterocycles. The highest BCUT2D eigenvalue weighted by atomic mass is 32.1. The molecule has 1 aromatic carbocycles. The number of benzene rings is 1. The van der Waals surface area contributed by atoms with Crippen LogP contribution in [0.5, 0.6) is 0 Å². The number of hydrogen-bond donors (Lipinski definition) is 2. The van der Waals surface area contributed by atoms with Gasteiger partial charge in [0.1, 0.15) is 5.82 Å². The van der Waals surface area contributed by atoms with Crippen molar-refractivity contribution in [2.24, 2.45) is 0 Å². The maximum absolute atomic E-state index is 13.2. The summed E-state index contributed by atoms with van der Waals surface area (Å²) in [5, 5.41) is 9.25. The van der Waals surface area contributed by atoms with Gasteiger partial charge in [-0.1, -0.05) is 0 Å². The molecular weight excluding hydrogens is 281 g/mol. The van der Waals surface area contributed by atoms with Crippen LogP contribution in [0.1, 0.15) is 24.2 Å². The number of amides is 1. The van der Waals surface area contributed by atoms with Crippen LogP contribution in [0, 0.1) is 5.82 Å². The molecule has 1 atom stereocenters. The minimum Gasteiger partial charge on any atom is -0.394 e. The lowest BCUT2D eigenvalue weighted by Crippen LogP contribution is -2.55. The van der Waals surface area contributed by atoms with Gasteiger partial charge in [0.15, 0.2) is 0 Å². The first-order valence-electron chi connectivity index (χ1n) is 6.39. The van der Waals surface area contributed by atoms with Gasteiger partial charge in [-0.15, -0.1) is 12.6 Å². The van der Waals surface area contributed by atoms with E-state index in [1.807, 2.05) is 13.8 Å². The molecular formula is C14H18FNO3S. The van der Waals surface area contributed by atoms with E-state index in [1.165, 1.54) is 18.2 Å². The number of carbonyl (C=O) groups is 1. The third-order valence-electron chi connectivity index (χ3n) is 3.17. The fraction of sp³-hybridized carbons (Fsp3) is 0.500. The molecule has 0 spiro atoms. The zero-order valence-corrected chi connectivity index (χ0v) is 12.4. The molecule has 1 aliphatic rings. The Morgan fingerprint density at radius 1 is 1.60 bits per heavy atom. The molecule has 1 amide bonds. The second-order valence-corrected chi connectivity index (χ2v) is 6.02. The van der Waals surface area contributed by atoms with Gasteiger partial charge < -0.3 is 14.7 Å². The number of rotatable bonds is 2. The van der Waals surface area contributed by atoms with Gasteiger partial charge in [0.05, 0.1) is 18.3 Å². The first kappa shape index (κ1) is 15.3. The van der Waals surface area contributed by atoms with Crippen LogP contribution < -0.4 is 0 Å². The molecule has 0 bridgehead atoms. The molecule has 0 radical (unpaired) electrons. The molecule has 1 heterocycles. The maximum Gasteiger partial charge on any atom is 0.254 e. The van der Waals surface area contributed by atoms with Crippen molar-refractivity contribution in [3.8, 4) is 0 Å². The first-order chi connectivity index (χ1) is 9.32. The Balaban J connectivity index is 2.21. The normalized spacial score (nSPS) is 21.9. The van der Waals surface area contributed by atoms with Gasteiger partial charge in [-0.25, -0.2) is 4.39 Å². The van der Waals surface area contributed by atoms with Gasteiger partial charge in [-0.3, -0.25) is 4.79 Å². The van der Waals surface area contributed by atoms with Crippen molar-refractivity contribution < 1.29 is 19.0 Å². The van der Waals surface area contributed by atoms with Crippen LogP contribution in [0.25, 0.3) is 0 Å². The molecule has 6 heteroatoms. The number of aliphatic hydroxyl groups is 1. The predicted octanol–water partition coefficient (Wildman–Crippen LogP) is 1.73.